The molecule has 0 aliphatic heterocycles. The van der Waals surface area contributed by atoms with Crippen molar-refractivity contribution >= 4 is 18.4 Å². The maximum Gasteiger partial charge on any atom is 0.134 e. The van der Waals surface area contributed by atoms with E-state index in [9.17, 15) is 5.11 Å². The quantitative estimate of drug-likeness (QED) is 0.390. The van der Waals surface area contributed by atoms with E-state index in [1.165, 1.54) is 21.5 Å². The van der Waals surface area contributed by atoms with E-state index >= 15 is 0 Å². The van der Waals surface area contributed by atoms with Crippen LogP contribution in [-0.2, 0) is 13.1 Å². The van der Waals surface area contributed by atoms with Gasteiger partial charge >= 0.3 is 0 Å². The Kier molecular flexibility index (Phi) is 7.33. The van der Waals surface area contributed by atoms with Crippen molar-refractivity contribution in [2.24, 2.45) is 0 Å². The number of aliphatic hydroxyl groups excluding tert-OH is 1. The van der Waals surface area contributed by atoms with Gasteiger partial charge in [-0.3, -0.25) is 4.90 Å². The molecule has 0 spiro atoms. The van der Waals surface area contributed by atoms with E-state index < -0.39 is 8.07 Å². The van der Waals surface area contributed by atoms with Crippen molar-refractivity contribution in [1.82, 2.24) is 4.90 Å². The van der Waals surface area contributed by atoms with Crippen LogP contribution in [0.4, 0.5) is 0 Å². The summed E-state index contributed by atoms with van der Waals surface area (Å²) in [6.07, 6.45) is 0. The van der Waals surface area contributed by atoms with Gasteiger partial charge in [-0.2, -0.15) is 0 Å². The van der Waals surface area contributed by atoms with E-state index in [1.54, 1.807) is 0 Å². The summed E-state index contributed by atoms with van der Waals surface area (Å²) >= 11 is 0. The molecule has 2 nitrogen and oxygen atoms in total. The summed E-state index contributed by atoms with van der Waals surface area (Å²) in [5.41, 5.74) is 2.55. The van der Waals surface area contributed by atoms with Crippen LogP contribution in [-0.4, -0.2) is 30.4 Å². The van der Waals surface area contributed by atoms with Crippen molar-refractivity contribution in [3.05, 3.63) is 132 Å². The molecule has 0 saturated carbocycles. The van der Waals surface area contributed by atoms with Gasteiger partial charge in [-0.15, -0.1) is 0 Å². The maximum atomic E-state index is 10.9. The van der Waals surface area contributed by atoms with E-state index in [2.05, 4.69) is 133 Å². The van der Waals surface area contributed by atoms with Crippen molar-refractivity contribution in [3.63, 3.8) is 0 Å². The lowest BCUT2D eigenvalue weighted by Crippen LogP contribution is -2.70. The number of aliphatic hydroxyl groups is 1. The molecule has 3 heteroatoms. The molecule has 0 saturated heterocycles. The van der Waals surface area contributed by atoms with E-state index in [0.717, 1.165) is 13.1 Å². The first-order valence-electron chi connectivity index (χ1n) is 11.3. The smallest absolute Gasteiger partial charge is 0.134 e. The lowest BCUT2D eigenvalue weighted by Gasteiger charge is -2.43. The van der Waals surface area contributed by atoms with Gasteiger partial charge in [0.2, 0.25) is 0 Å². The Hall–Kier alpha value is -2.98. The zero-order valence-corrected chi connectivity index (χ0v) is 19.6. The zero-order valence-electron chi connectivity index (χ0n) is 18.6. The van der Waals surface area contributed by atoms with Crippen LogP contribution < -0.4 is 10.4 Å². The SMILES string of the molecule is C[Si](c1ccccc1)(c1ccccc1)C(CO)N(Cc1ccccc1)Cc1ccccc1. The van der Waals surface area contributed by atoms with Crippen LogP contribution >= 0.6 is 0 Å². The molecule has 162 valence electrons. The highest BCUT2D eigenvalue weighted by atomic mass is 28.3. The minimum absolute atomic E-state index is 0.0210. The fourth-order valence-electron chi connectivity index (χ4n) is 4.70. The van der Waals surface area contributed by atoms with Gasteiger partial charge in [-0.05, 0) is 11.1 Å². The van der Waals surface area contributed by atoms with Gasteiger partial charge in [0, 0.05) is 18.8 Å². The molecule has 0 aromatic heterocycles. The molecule has 32 heavy (non-hydrogen) atoms. The Morgan fingerprint density at radius 3 is 1.28 bits per heavy atom. The van der Waals surface area contributed by atoms with Crippen LogP contribution in [0.15, 0.2) is 121 Å². The fraction of sp³-hybridized carbons (Fsp3) is 0.172. The minimum atomic E-state index is -2.33. The van der Waals surface area contributed by atoms with Gasteiger partial charge in [0.25, 0.3) is 0 Å². The molecule has 4 rings (SSSR count). The molecule has 0 amide bonds. The molecule has 0 fully saturated rings. The second-order valence-electron chi connectivity index (χ2n) is 8.51. The highest BCUT2D eigenvalue weighted by Gasteiger charge is 2.43. The van der Waals surface area contributed by atoms with Crippen LogP contribution in [0.2, 0.25) is 6.55 Å². The zero-order chi connectivity index (χ0) is 22.2. The van der Waals surface area contributed by atoms with Crippen molar-refractivity contribution in [2.45, 2.75) is 25.3 Å². The molecule has 1 unspecified atom stereocenters. The van der Waals surface area contributed by atoms with E-state index in [4.69, 9.17) is 0 Å². The summed E-state index contributed by atoms with van der Waals surface area (Å²) in [7, 11) is -2.33. The van der Waals surface area contributed by atoms with Crippen LogP contribution in [0.1, 0.15) is 11.1 Å². The number of nitrogens with zero attached hydrogens (tertiary/aromatic N) is 1. The van der Waals surface area contributed by atoms with Gasteiger partial charge in [-0.1, -0.05) is 138 Å². The van der Waals surface area contributed by atoms with Crippen LogP contribution in [0.3, 0.4) is 0 Å². The van der Waals surface area contributed by atoms with Crippen molar-refractivity contribution in [3.8, 4) is 0 Å². The number of rotatable bonds is 9. The highest BCUT2D eigenvalue weighted by Crippen LogP contribution is 2.21. The molecule has 1 N–H and O–H groups in total. The predicted molar refractivity (Wildman–Crippen MR) is 137 cm³/mol. The molecular formula is C29H31NOSi. The first-order chi connectivity index (χ1) is 15.7. The lowest BCUT2D eigenvalue weighted by molar-refractivity contribution is 0.153. The summed E-state index contributed by atoms with van der Waals surface area (Å²) in [5, 5.41) is 13.6. The summed E-state index contributed by atoms with van der Waals surface area (Å²) in [4.78, 5) is 2.48. The fourth-order valence-corrected chi connectivity index (χ4v) is 8.85. The molecule has 0 aliphatic carbocycles. The summed E-state index contributed by atoms with van der Waals surface area (Å²) in [5.74, 6) is 0. The third-order valence-electron chi connectivity index (χ3n) is 6.48. The largest absolute Gasteiger partial charge is 0.395 e. The monoisotopic (exact) mass is 437 g/mol. The molecule has 4 aromatic rings. The van der Waals surface area contributed by atoms with E-state index in [0.29, 0.717) is 0 Å². The Morgan fingerprint density at radius 1 is 0.594 bits per heavy atom. The predicted octanol–water partition coefficient (Wildman–Crippen LogP) is 4.48. The van der Waals surface area contributed by atoms with Gasteiger partial charge < -0.3 is 5.11 Å². The van der Waals surface area contributed by atoms with Gasteiger partial charge in [0.05, 0.1) is 6.61 Å². The van der Waals surface area contributed by atoms with Gasteiger partial charge in [0.15, 0.2) is 0 Å². The average molecular weight is 438 g/mol. The van der Waals surface area contributed by atoms with Gasteiger partial charge in [0.1, 0.15) is 8.07 Å². The molecule has 4 aromatic carbocycles. The normalized spacial score (nSPS) is 12.6. The Balaban J connectivity index is 1.81. The molecular weight excluding hydrogens is 406 g/mol. The molecule has 0 radical (unpaired) electrons. The van der Waals surface area contributed by atoms with E-state index in [1.807, 2.05) is 0 Å². The molecule has 1 atom stereocenters. The Bertz CT molecular complexity index is 990. The van der Waals surface area contributed by atoms with Crippen LogP contribution in [0.25, 0.3) is 0 Å². The number of hydrogen-bond acceptors (Lipinski definition) is 2. The van der Waals surface area contributed by atoms with E-state index in [-0.39, 0.29) is 12.3 Å². The van der Waals surface area contributed by atoms with Gasteiger partial charge in [-0.25, -0.2) is 0 Å². The topological polar surface area (TPSA) is 23.5 Å². The molecule has 0 aliphatic rings. The number of hydrogen-bond donors (Lipinski definition) is 1. The third-order valence-corrected chi connectivity index (χ3v) is 11.4. The maximum absolute atomic E-state index is 10.9. The summed E-state index contributed by atoms with van der Waals surface area (Å²) in [6.45, 7) is 4.11. The minimum Gasteiger partial charge on any atom is -0.395 e. The van der Waals surface area contributed by atoms with Crippen molar-refractivity contribution in [2.75, 3.05) is 6.61 Å². The molecule has 0 heterocycles. The van der Waals surface area contributed by atoms with Crippen molar-refractivity contribution in [1.29, 1.82) is 0 Å². The summed E-state index contributed by atoms with van der Waals surface area (Å²) in [6, 6.07) is 42.8. The van der Waals surface area contributed by atoms with Crippen molar-refractivity contribution < 1.29 is 5.11 Å². The lowest BCUT2D eigenvalue weighted by atomic mass is 10.1. The Labute approximate surface area is 192 Å². The molecule has 0 bridgehead atoms. The third kappa shape index (κ3) is 4.91. The van der Waals surface area contributed by atoms with Crippen LogP contribution in [0, 0.1) is 0 Å². The first kappa shape index (κ1) is 22.2. The summed E-state index contributed by atoms with van der Waals surface area (Å²) < 4.78 is 0. The van der Waals surface area contributed by atoms with Crippen LogP contribution in [0.5, 0.6) is 0 Å². The Morgan fingerprint density at radius 2 is 0.938 bits per heavy atom. The number of benzene rings is 4. The second kappa shape index (κ2) is 10.6. The highest BCUT2D eigenvalue weighted by molar-refractivity contribution is 7.02. The standard InChI is InChI=1S/C29H31NOSi/c1-32(27-18-10-4-11-19-27,28-20-12-5-13-21-28)29(24-31)30(22-25-14-6-2-7-15-25)23-26-16-8-3-9-17-26/h2-21,29,31H,22-24H2,1H3. The first-order valence-corrected chi connectivity index (χ1v) is 13.8. The average Bonchev–Trinajstić information content (AvgIpc) is 2.86. The second-order valence-corrected chi connectivity index (χ2v) is 12.7.